The van der Waals surface area contributed by atoms with Crippen LogP contribution in [0.1, 0.15) is 54.0 Å². The Hall–Kier alpha value is -3.05. The second-order valence-electron chi connectivity index (χ2n) is 10.1. The van der Waals surface area contributed by atoms with Crippen LogP contribution in [0, 0.1) is 12.7 Å². The van der Waals surface area contributed by atoms with E-state index in [1.54, 1.807) is 19.2 Å². The molecule has 3 aromatic rings. The van der Waals surface area contributed by atoms with Crippen LogP contribution in [0.25, 0.3) is 0 Å². The van der Waals surface area contributed by atoms with Gasteiger partial charge >= 0.3 is 0 Å². The van der Waals surface area contributed by atoms with Crippen molar-refractivity contribution in [1.82, 2.24) is 5.32 Å². The van der Waals surface area contributed by atoms with Crippen molar-refractivity contribution in [1.29, 1.82) is 0 Å². The molecule has 0 aromatic heterocycles. The molecule has 2 heterocycles. The summed E-state index contributed by atoms with van der Waals surface area (Å²) in [5.74, 6) is 1.66. The summed E-state index contributed by atoms with van der Waals surface area (Å²) in [5, 5.41) is 3.60. The third kappa shape index (κ3) is 5.67. The van der Waals surface area contributed by atoms with Crippen molar-refractivity contribution in [2.24, 2.45) is 0 Å². The molecule has 5 rings (SSSR count). The summed E-state index contributed by atoms with van der Waals surface area (Å²) >= 11 is 0. The average molecular weight is 489 g/mol. The number of anilines is 1. The molecule has 36 heavy (non-hydrogen) atoms. The number of benzene rings is 3. The number of piperidine rings is 1. The third-order valence-corrected chi connectivity index (χ3v) is 7.67. The smallest absolute Gasteiger partial charge is 0.123 e. The fourth-order valence-electron chi connectivity index (χ4n) is 5.68. The zero-order valence-corrected chi connectivity index (χ0v) is 21.4. The number of aryl methyl sites for hydroxylation is 1. The van der Waals surface area contributed by atoms with E-state index in [9.17, 15) is 4.39 Å². The van der Waals surface area contributed by atoms with Crippen molar-refractivity contribution in [3.05, 3.63) is 88.7 Å². The van der Waals surface area contributed by atoms with E-state index in [0.717, 1.165) is 56.1 Å². The zero-order chi connectivity index (χ0) is 24.9. The summed E-state index contributed by atoms with van der Waals surface area (Å²) in [7, 11) is 1.71. The minimum atomic E-state index is -0.206. The lowest BCUT2D eigenvalue weighted by atomic mass is 9.87. The van der Waals surface area contributed by atoms with Crippen LogP contribution in [0.3, 0.4) is 0 Å². The summed E-state index contributed by atoms with van der Waals surface area (Å²) < 4.78 is 25.3. The van der Waals surface area contributed by atoms with Gasteiger partial charge < -0.3 is 19.7 Å². The highest BCUT2D eigenvalue weighted by molar-refractivity contribution is 5.54. The maximum Gasteiger partial charge on any atom is 0.123 e. The number of hydrogen-bond donors (Lipinski definition) is 1. The third-order valence-electron chi connectivity index (χ3n) is 7.67. The lowest BCUT2D eigenvalue weighted by Gasteiger charge is -2.39. The van der Waals surface area contributed by atoms with Crippen LogP contribution in [0.15, 0.2) is 60.7 Å². The van der Waals surface area contributed by atoms with Gasteiger partial charge in [-0.1, -0.05) is 24.6 Å². The van der Waals surface area contributed by atoms with Gasteiger partial charge in [0.05, 0.1) is 19.8 Å². The van der Waals surface area contributed by atoms with E-state index in [0.29, 0.717) is 6.04 Å². The summed E-state index contributed by atoms with van der Waals surface area (Å²) in [4.78, 5) is 2.41. The van der Waals surface area contributed by atoms with Gasteiger partial charge in [-0.2, -0.15) is 0 Å². The molecule has 5 heteroatoms. The predicted octanol–water partition coefficient (Wildman–Crippen LogP) is 6.40. The van der Waals surface area contributed by atoms with Crippen molar-refractivity contribution in [3.63, 3.8) is 0 Å². The van der Waals surface area contributed by atoms with Gasteiger partial charge in [-0.3, -0.25) is 0 Å². The summed E-state index contributed by atoms with van der Waals surface area (Å²) in [5.41, 5.74) is 6.13. The number of nitrogens with one attached hydrogen (secondary N) is 1. The number of nitrogens with zero attached hydrogens (tertiary/aromatic N) is 1. The van der Waals surface area contributed by atoms with Gasteiger partial charge in [0.1, 0.15) is 17.3 Å². The van der Waals surface area contributed by atoms with Crippen LogP contribution >= 0.6 is 0 Å². The summed E-state index contributed by atoms with van der Waals surface area (Å²) in [6.45, 7) is 4.89. The van der Waals surface area contributed by atoms with Crippen LogP contribution in [0.4, 0.5) is 10.1 Å². The molecule has 0 saturated carbocycles. The molecule has 2 aliphatic rings. The molecular weight excluding hydrogens is 451 g/mol. The zero-order valence-electron chi connectivity index (χ0n) is 21.4. The van der Waals surface area contributed by atoms with Crippen molar-refractivity contribution in [3.8, 4) is 11.5 Å². The molecule has 190 valence electrons. The second kappa shape index (κ2) is 11.3. The molecule has 3 aromatic carbocycles. The SMILES string of the molecule is COc1ccc2c(c1)CCN(c1ccc(F)cc1)C2Cc1ccc(OCCC2CCCCN2)c(C)c1. The van der Waals surface area contributed by atoms with E-state index >= 15 is 0 Å². The molecule has 2 atom stereocenters. The van der Waals surface area contributed by atoms with Crippen LogP contribution < -0.4 is 19.7 Å². The molecule has 2 aliphatic heterocycles. The first-order valence-electron chi connectivity index (χ1n) is 13.3. The number of ether oxygens (including phenoxy) is 2. The molecule has 4 nitrogen and oxygen atoms in total. The number of rotatable bonds is 8. The molecule has 1 saturated heterocycles. The van der Waals surface area contributed by atoms with Crippen LogP contribution in [-0.2, 0) is 12.8 Å². The Balaban J connectivity index is 1.34. The first-order valence-corrected chi connectivity index (χ1v) is 13.3. The normalized spacial score (nSPS) is 19.6. The number of hydrogen-bond acceptors (Lipinski definition) is 4. The van der Waals surface area contributed by atoms with Crippen LogP contribution in [0.5, 0.6) is 11.5 Å². The van der Waals surface area contributed by atoms with Crippen molar-refractivity contribution in [2.75, 3.05) is 31.7 Å². The van der Waals surface area contributed by atoms with Crippen LogP contribution in [0.2, 0.25) is 0 Å². The molecule has 0 amide bonds. The van der Waals surface area contributed by atoms with E-state index in [1.807, 2.05) is 18.2 Å². The minimum Gasteiger partial charge on any atom is -0.497 e. The molecular formula is C31H37FN2O2. The van der Waals surface area contributed by atoms with Gasteiger partial charge in [-0.25, -0.2) is 4.39 Å². The van der Waals surface area contributed by atoms with E-state index in [-0.39, 0.29) is 11.9 Å². The Labute approximate surface area is 214 Å². The lowest BCUT2D eigenvalue weighted by molar-refractivity contribution is 0.267. The molecule has 1 N–H and O–H groups in total. The molecule has 0 radical (unpaired) electrons. The van der Waals surface area contributed by atoms with Crippen molar-refractivity contribution in [2.45, 2.75) is 57.5 Å². The standard InChI is InChI=1S/C31H37FN2O2/c1-22-19-23(6-13-31(22)36-18-15-26-5-3-4-16-33-26)20-30-29-12-11-28(35-2)21-24(29)14-17-34(30)27-9-7-25(32)8-10-27/h6-13,19,21,26,30,33H,3-5,14-18,20H2,1-2H3. The highest BCUT2D eigenvalue weighted by Gasteiger charge is 2.28. The minimum absolute atomic E-state index is 0.161. The molecule has 0 spiro atoms. The Morgan fingerprint density at radius 1 is 1.03 bits per heavy atom. The largest absolute Gasteiger partial charge is 0.497 e. The molecule has 0 bridgehead atoms. The Morgan fingerprint density at radius 2 is 1.89 bits per heavy atom. The van der Waals surface area contributed by atoms with Crippen molar-refractivity contribution < 1.29 is 13.9 Å². The molecule has 0 aliphatic carbocycles. The average Bonchev–Trinajstić information content (AvgIpc) is 2.91. The van der Waals surface area contributed by atoms with E-state index in [1.165, 1.54) is 41.5 Å². The fourth-order valence-corrected chi connectivity index (χ4v) is 5.68. The maximum absolute atomic E-state index is 13.6. The number of halogens is 1. The Bertz CT molecular complexity index is 1160. The van der Waals surface area contributed by atoms with E-state index < -0.39 is 0 Å². The van der Waals surface area contributed by atoms with Gasteiger partial charge in [0.15, 0.2) is 0 Å². The maximum atomic E-state index is 13.6. The number of methoxy groups -OCH3 is 1. The van der Waals surface area contributed by atoms with Gasteiger partial charge in [-0.05, 0) is 110 Å². The number of fused-ring (bicyclic) bond motifs is 1. The van der Waals surface area contributed by atoms with Gasteiger partial charge in [0.2, 0.25) is 0 Å². The molecule has 2 unspecified atom stereocenters. The quantitative estimate of drug-likeness (QED) is 0.398. The first kappa shape index (κ1) is 24.6. The predicted molar refractivity (Wildman–Crippen MR) is 144 cm³/mol. The second-order valence-corrected chi connectivity index (χ2v) is 10.1. The van der Waals surface area contributed by atoms with Gasteiger partial charge in [0, 0.05) is 18.3 Å². The summed E-state index contributed by atoms with van der Waals surface area (Å²) in [6.07, 6.45) is 6.70. The molecule has 1 fully saturated rings. The van der Waals surface area contributed by atoms with E-state index in [2.05, 4.69) is 47.5 Å². The lowest BCUT2D eigenvalue weighted by Crippen LogP contribution is -2.36. The topological polar surface area (TPSA) is 33.7 Å². The Kier molecular flexibility index (Phi) is 7.76. The fraction of sp³-hybridized carbons (Fsp3) is 0.419. The summed E-state index contributed by atoms with van der Waals surface area (Å²) in [6, 6.07) is 20.6. The Morgan fingerprint density at radius 3 is 2.64 bits per heavy atom. The van der Waals surface area contributed by atoms with Crippen molar-refractivity contribution >= 4 is 5.69 Å². The highest BCUT2D eigenvalue weighted by atomic mass is 19.1. The monoisotopic (exact) mass is 488 g/mol. The first-order chi connectivity index (χ1) is 17.6. The highest BCUT2D eigenvalue weighted by Crippen LogP contribution is 2.38. The van der Waals surface area contributed by atoms with Gasteiger partial charge in [-0.15, -0.1) is 0 Å². The van der Waals surface area contributed by atoms with Gasteiger partial charge in [0.25, 0.3) is 0 Å². The van der Waals surface area contributed by atoms with E-state index in [4.69, 9.17) is 9.47 Å². The van der Waals surface area contributed by atoms with Crippen LogP contribution in [-0.4, -0.2) is 32.8 Å².